The molecule has 1 rings (SSSR count). The molecular weight excluding hydrogens is 170 g/mol. The van der Waals surface area contributed by atoms with E-state index in [1.54, 1.807) is 30.3 Å². The highest BCUT2D eigenvalue weighted by molar-refractivity contribution is 5.76. The predicted molar refractivity (Wildman–Crippen MR) is 46.5 cm³/mol. The van der Waals surface area contributed by atoms with E-state index in [0.29, 0.717) is 5.56 Å². The Labute approximate surface area is 75.9 Å². The van der Waals surface area contributed by atoms with Gasteiger partial charge in [-0.1, -0.05) is 30.3 Å². The summed E-state index contributed by atoms with van der Waals surface area (Å²) in [6.45, 7) is -0.220. The normalized spacial score (nSPS) is 12.2. The summed E-state index contributed by atoms with van der Waals surface area (Å²) in [5.74, 6) is -0.728. The summed E-state index contributed by atoms with van der Waals surface area (Å²) < 4.78 is 4.45. The fourth-order valence-electron chi connectivity index (χ4n) is 0.932. The third-order valence-corrected chi connectivity index (χ3v) is 1.56. The maximum absolute atomic E-state index is 11.0. The number of aliphatic hydroxyl groups is 1. The van der Waals surface area contributed by atoms with E-state index >= 15 is 0 Å². The van der Waals surface area contributed by atoms with Crippen LogP contribution in [0.5, 0.6) is 0 Å². The Balaban J connectivity index is 2.68. The van der Waals surface area contributed by atoms with Crippen LogP contribution in [-0.4, -0.2) is 17.8 Å². The summed E-state index contributed by atoms with van der Waals surface area (Å²) in [5.41, 5.74) is 5.49. The van der Waals surface area contributed by atoms with Crippen molar-refractivity contribution in [2.75, 3.05) is 6.73 Å². The molecule has 0 saturated heterocycles. The molecule has 0 aliphatic heterocycles. The minimum atomic E-state index is -1.25. The SMILES string of the molecule is NCOC(=O)[C@H](O)c1ccccc1. The van der Waals surface area contributed by atoms with Gasteiger partial charge in [0, 0.05) is 0 Å². The van der Waals surface area contributed by atoms with Crippen LogP contribution >= 0.6 is 0 Å². The lowest BCUT2D eigenvalue weighted by Crippen LogP contribution is -2.19. The summed E-state index contributed by atoms with van der Waals surface area (Å²) in [5, 5.41) is 9.39. The molecular formula is C9H11NO3. The molecule has 4 heteroatoms. The van der Waals surface area contributed by atoms with Gasteiger partial charge in [-0.15, -0.1) is 0 Å². The van der Waals surface area contributed by atoms with Crippen molar-refractivity contribution < 1.29 is 14.6 Å². The van der Waals surface area contributed by atoms with Crippen LogP contribution in [0.2, 0.25) is 0 Å². The molecule has 3 N–H and O–H groups in total. The molecule has 13 heavy (non-hydrogen) atoms. The number of carbonyl (C=O) groups is 1. The Kier molecular flexibility index (Phi) is 3.42. The van der Waals surface area contributed by atoms with Gasteiger partial charge in [0.1, 0.15) is 6.73 Å². The summed E-state index contributed by atoms with van der Waals surface area (Å²) in [6, 6.07) is 8.54. The molecule has 0 bridgehead atoms. The van der Waals surface area contributed by atoms with Crippen molar-refractivity contribution in [1.29, 1.82) is 0 Å². The highest BCUT2D eigenvalue weighted by Crippen LogP contribution is 2.12. The van der Waals surface area contributed by atoms with E-state index in [1.165, 1.54) is 0 Å². The lowest BCUT2D eigenvalue weighted by molar-refractivity contribution is -0.153. The third-order valence-electron chi connectivity index (χ3n) is 1.56. The fourth-order valence-corrected chi connectivity index (χ4v) is 0.932. The van der Waals surface area contributed by atoms with Crippen LogP contribution in [0.15, 0.2) is 30.3 Å². The van der Waals surface area contributed by atoms with Crippen molar-refractivity contribution in [3.8, 4) is 0 Å². The van der Waals surface area contributed by atoms with Crippen molar-refractivity contribution in [3.05, 3.63) is 35.9 Å². The Morgan fingerprint density at radius 2 is 2.08 bits per heavy atom. The van der Waals surface area contributed by atoms with Gasteiger partial charge in [-0.3, -0.25) is 5.73 Å². The van der Waals surface area contributed by atoms with E-state index in [1.807, 2.05) is 0 Å². The van der Waals surface area contributed by atoms with Crippen LogP contribution in [0.3, 0.4) is 0 Å². The summed E-state index contributed by atoms with van der Waals surface area (Å²) >= 11 is 0. The standard InChI is InChI=1S/C9H11NO3/c10-6-13-9(12)8(11)7-4-2-1-3-5-7/h1-5,8,11H,6,10H2/t8-/m1/s1. The van der Waals surface area contributed by atoms with Gasteiger partial charge in [0.15, 0.2) is 6.10 Å². The van der Waals surface area contributed by atoms with Crippen LogP contribution in [0.1, 0.15) is 11.7 Å². The molecule has 1 aromatic rings. The van der Waals surface area contributed by atoms with Crippen molar-refractivity contribution in [2.45, 2.75) is 6.10 Å². The average Bonchev–Trinajstić information content (AvgIpc) is 2.18. The van der Waals surface area contributed by atoms with E-state index in [2.05, 4.69) is 4.74 Å². The maximum atomic E-state index is 11.0. The molecule has 1 atom stereocenters. The average molecular weight is 181 g/mol. The van der Waals surface area contributed by atoms with E-state index in [4.69, 9.17) is 5.73 Å². The monoisotopic (exact) mass is 181 g/mol. The van der Waals surface area contributed by atoms with Crippen molar-refractivity contribution in [1.82, 2.24) is 0 Å². The first-order chi connectivity index (χ1) is 6.25. The predicted octanol–water partition coefficient (Wildman–Crippen LogP) is 0.179. The summed E-state index contributed by atoms with van der Waals surface area (Å²) in [6.07, 6.45) is -1.25. The van der Waals surface area contributed by atoms with Gasteiger partial charge in [0.05, 0.1) is 0 Å². The Hall–Kier alpha value is -1.39. The minimum absolute atomic E-state index is 0.220. The number of carbonyl (C=O) groups excluding carboxylic acids is 1. The second kappa shape index (κ2) is 4.59. The molecule has 0 fully saturated rings. The van der Waals surface area contributed by atoms with E-state index in [9.17, 15) is 9.90 Å². The molecule has 0 heterocycles. The molecule has 0 aromatic heterocycles. The number of rotatable bonds is 3. The largest absolute Gasteiger partial charge is 0.448 e. The van der Waals surface area contributed by atoms with E-state index < -0.39 is 12.1 Å². The zero-order chi connectivity index (χ0) is 9.68. The number of hydrogen-bond acceptors (Lipinski definition) is 4. The van der Waals surface area contributed by atoms with E-state index in [0.717, 1.165) is 0 Å². The molecule has 0 saturated carbocycles. The van der Waals surface area contributed by atoms with Gasteiger partial charge in [0.25, 0.3) is 0 Å². The maximum Gasteiger partial charge on any atom is 0.340 e. The van der Waals surface area contributed by atoms with Crippen molar-refractivity contribution >= 4 is 5.97 Å². The molecule has 0 radical (unpaired) electrons. The number of ether oxygens (including phenoxy) is 1. The number of aliphatic hydroxyl groups excluding tert-OH is 1. The quantitative estimate of drug-likeness (QED) is 0.515. The molecule has 1 aromatic carbocycles. The third kappa shape index (κ3) is 2.54. The van der Waals surface area contributed by atoms with Gasteiger partial charge in [-0.2, -0.15) is 0 Å². The molecule has 4 nitrogen and oxygen atoms in total. The zero-order valence-corrected chi connectivity index (χ0v) is 7.01. The molecule has 0 aliphatic carbocycles. The smallest absolute Gasteiger partial charge is 0.340 e. The first-order valence-electron chi connectivity index (χ1n) is 3.85. The van der Waals surface area contributed by atoms with Gasteiger partial charge in [-0.25, -0.2) is 4.79 Å². The number of benzene rings is 1. The molecule has 0 aliphatic rings. The number of hydrogen-bond donors (Lipinski definition) is 2. The van der Waals surface area contributed by atoms with E-state index in [-0.39, 0.29) is 6.73 Å². The Morgan fingerprint density at radius 1 is 1.46 bits per heavy atom. The van der Waals surface area contributed by atoms with Gasteiger partial charge >= 0.3 is 5.97 Å². The van der Waals surface area contributed by atoms with Gasteiger partial charge in [0.2, 0.25) is 0 Å². The molecule has 0 amide bonds. The van der Waals surface area contributed by atoms with Gasteiger partial charge < -0.3 is 9.84 Å². The summed E-state index contributed by atoms with van der Waals surface area (Å²) in [4.78, 5) is 11.0. The van der Waals surface area contributed by atoms with Crippen LogP contribution in [0.25, 0.3) is 0 Å². The zero-order valence-electron chi connectivity index (χ0n) is 7.01. The molecule has 0 spiro atoms. The highest BCUT2D eigenvalue weighted by Gasteiger charge is 2.17. The Morgan fingerprint density at radius 3 is 2.62 bits per heavy atom. The second-order valence-electron chi connectivity index (χ2n) is 2.44. The minimum Gasteiger partial charge on any atom is -0.448 e. The first-order valence-corrected chi connectivity index (χ1v) is 3.85. The molecule has 0 unspecified atom stereocenters. The lowest BCUT2D eigenvalue weighted by Gasteiger charge is -2.08. The lowest BCUT2D eigenvalue weighted by atomic mass is 10.1. The van der Waals surface area contributed by atoms with Crippen LogP contribution < -0.4 is 5.73 Å². The van der Waals surface area contributed by atoms with Crippen LogP contribution in [0.4, 0.5) is 0 Å². The van der Waals surface area contributed by atoms with Crippen LogP contribution in [-0.2, 0) is 9.53 Å². The fraction of sp³-hybridized carbons (Fsp3) is 0.222. The van der Waals surface area contributed by atoms with Crippen molar-refractivity contribution in [3.63, 3.8) is 0 Å². The Bertz CT molecular complexity index is 273. The summed E-state index contributed by atoms with van der Waals surface area (Å²) in [7, 11) is 0. The first kappa shape index (κ1) is 9.70. The highest BCUT2D eigenvalue weighted by atomic mass is 16.6. The number of esters is 1. The van der Waals surface area contributed by atoms with Crippen LogP contribution in [0, 0.1) is 0 Å². The van der Waals surface area contributed by atoms with Gasteiger partial charge in [-0.05, 0) is 5.56 Å². The number of nitrogens with two attached hydrogens (primary N) is 1. The molecule has 70 valence electrons. The topological polar surface area (TPSA) is 72.5 Å². The second-order valence-corrected chi connectivity index (χ2v) is 2.44. The van der Waals surface area contributed by atoms with Crippen molar-refractivity contribution in [2.24, 2.45) is 5.73 Å².